The zero-order chi connectivity index (χ0) is 20.5. The number of carbonyl (C=O) groups excluding carboxylic acids is 2. The number of hydrogen-bond donors (Lipinski definition) is 2. The zero-order valence-electron chi connectivity index (χ0n) is 16.3. The lowest BCUT2D eigenvalue weighted by atomic mass is 9.97. The van der Waals surface area contributed by atoms with E-state index in [2.05, 4.69) is 20.8 Å². The van der Waals surface area contributed by atoms with Crippen molar-refractivity contribution < 1.29 is 14.3 Å². The number of thioether (sulfide) groups is 1. The standard InChI is InChI=1S/C20H25N5O3S/c1-29-18-12-17(21-14-22-18)23-24-20(27)15-6-5-10-25(13-15)19(26)9-11-28-16-7-3-2-4-8-16/h2-4,7-8,12,14-15H,5-6,9-11,13H2,1H3,(H,24,27)(H,21,22,23). The van der Waals surface area contributed by atoms with Gasteiger partial charge in [0.25, 0.3) is 0 Å². The van der Waals surface area contributed by atoms with Crippen LogP contribution in [0.2, 0.25) is 0 Å². The Kier molecular flexibility index (Phi) is 7.69. The number of para-hydroxylation sites is 1. The molecule has 1 saturated heterocycles. The van der Waals surface area contributed by atoms with Crippen LogP contribution in [0, 0.1) is 5.92 Å². The first-order chi connectivity index (χ1) is 14.2. The quantitative estimate of drug-likeness (QED) is 0.388. The van der Waals surface area contributed by atoms with Crippen LogP contribution < -0.4 is 15.6 Å². The van der Waals surface area contributed by atoms with Crippen LogP contribution in [0.4, 0.5) is 5.82 Å². The molecule has 1 aliphatic rings. The SMILES string of the molecule is CSc1cc(NNC(=O)C2CCCN(C(=O)CCOc3ccccc3)C2)ncn1. The van der Waals surface area contributed by atoms with Gasteiger partial charge in [0.15, 0.2) is 0 Å². The van der Waals surface area contributed by atoms with Gasteiger partial charge in [-0.2, -0.15) is 0 Å². The zero-order valence-corrected chi connectivity index (χ0v) is 17.2. The molecule has 0 bridgehead atoms. The van der Waals surface area contributed by atoms with E-state index in [0.717, 1.165) is 23.6 Å². The topological polar surface area (TPSA) is 96.5 Å². The van der Waals surface area contributed by atoms with E-state index in [1.54, 1.807) is 11.0 Å². The largest absolute Gasteiger partial charge is 0.493 e. The molecule has 2 heterocycles. The molecule has 2 N–H and O–H groups in total. The molecule has 29 heavy (non-hydrogen) atoms. The summed E-state index contributed by atoms with van der Waals surface area (Å²) >= 11 is 1.50. The van der Waals surface area contributed by atoms with Crippen LogP contribution in [0.15, 0.2) is 47.8 Å². The van der Waals surface area contributed by atoms with E-state index >= 15 is 0 Å². The molecule has 1 unspecified atom stereocenters. The van der Waals surface area contributed by atoms with Crippen molar-refractivity contribution in [1.82, 2.24) is 20.3 Å². The van der Waals surface area contributed by atoms with E-state index in [9.17, 15) is 9.59 Å². The fraction of sp³-hybridized carbons (Fsp3) is 0.400. The first kappa shape index (κ1) is 20.9. The Bertz CT molecular complexity index is 821. The number of ether oxygens (including phenoxy) is 1. The van der Waals surface area contributed by atoms with Crippen LogP contribution in [0.25, 0.3) is 0 Å². The third-order valence-electron chi connectivity index (χ3n) is 4.64. The van der Waals surface area contributed by atoms with Gasteiger partial charge < -0.3 is 9.64 Å². The second-order valence-corrected chi connectivity index (χ2v) is 7.48. The monoisotopic (exact) mass is 415 g/mol. The molecule has 1 aromatic heterocycles. The fourth-order valence-corrected chi connectivity index (χ4v) is 3.48. The van der Waals surface area contributed by atoms with Crippen molar-refractivity contribution in [2.75, 3.05) is 31.4 Å². The first-order valence-corrected chi connectivity index (χ1v) is 10.8. The van der Waals surface area contributed by atoms with Crippen molar-refractivity contribution in [3.05, 3.63) is 42.7 Å². The number of piperidine rings is 1. The second kappa shape index (κ2) is 10.7. The van der Waals surface area contributed by atoms with Gasteiger partial charge in [-0.15, -0.1) is 11.8 Å². The number of hydrogen-bond acceptors (Lipinski definition) is 7. The second-order valence-electron chi connectivity index (χ2n) is 6.65. The normalized spacial score (nSPS) is 16.2. The Balaban J connectivity index is 1.43. The minimum absolute atomic E-state index is 0.00630. The van der Waals surface area contributed by atoms with Gasteiger partial charge in [0, 0.05) is 19.2 Å². The lowest BCUT2D eigenvalue weighted by Crippen LogP contribution is -2.46. The van der Waals surface area contributed by atoms with E-state index in [1.807, 2.05) is 36.6 Å². The predicted octanol–water partition coefficient (Wildman–Crippen LogP) is 2.35. The van der Waals surface area contributed by atoms with E-state index in [0.29, 0.717) is 31.9 Å². The lowest BCUT2D eigenvalue weighted by molar-refractivity contribution is -0.136. The average Bonchev–Trinajstić information content (AvgIpc) is 2.78. The number of nitrogens with one attached hydrogen (secondary N) is 2. The number of hydrazine groups is 1. The highest BCUT2D eigenvalue weighted by Gasteiger charge is 2.28. The Morgan fingerprint density at radius 2 is 2.10 bits per heavy atom. The maximum absolute atomic E-state index is 12.5. The van der Waals surface area contributed by atoms with Crippen LogP contribution in [0.3, 0.4) is 0 Å². The number of carbonyl (C=O) groups is 2. The molecule has 9 heteroatoms. The van der Waals surface area contributed by atoms with Crippen molar-refractivity contribution in [1.29, 1.82) is 0 Å². The minimum Gasteiger partial charge on any atom is -0.493 e. The molecule has 1 aliphatic heterocycles. The molecular formula is C20H25N5O3S. The van der Waals surface area contributed by atoms with Crippen LogP contribution in [0.5, 0.6) is 5.75 Å². The van der Waals surface area contributed by atoms with Gasteiger partial charge in [0.2, 0.25) is 11.8 Å². The third kappa shape index (κ3) is 6.35. The third-order valence-corrected chi connectivity index (χ3v) is 5.28. The molecule has 0 saturated carbocycles. The van der Waals surface area contributed by atoms with Crippen molar-refractivity contribution in [3.8, 4) is 5.75 Å². The summed E-state index contributed by atoms with van der Waals surface area (Å²) in [6.45, 7) is 1.41. The molecule has 0 spiro atoms. The Labute approximate surface area is 174 Å². The Hall–Kier alpha value is -2.81. The number of anilines is 1. The summed E-state index contributed by atoms with van der Waals surface area (Å²) in [7, 11) is 0. The highest BCUT2D eigenvalue weighted by Crippen LogP contribution is 2.18. The molecule has 2 amide bonds. The minimum atomic E-state index is -0.253. The number of amides is 2. The highest BCUT2D eigenvalue weighted by molar-refractivity contribution is 7.98. The van der Waals surface area contributed by atoms with Crippen LogP contribution in [-0.2, 0) is 9.59 Å². The van der Waals surface area contributed by atoms with E-state index in [-0.39, 0.29) is 17.7 Å². The van der Waals surface area contributed by atoms with Crippen LogP contribution >= 0.6 is 11.8 Å². The Morgan fingerprint density at radius 1 is 1.28 bits per heavy atom. The number of nitrogens with zero attached hydrogens (tertiary/aromatic N) is 3. The van der Waals surface area contributed by atoms with Gasteiger partial charge in [-0.05, 0) is 31.2 Å². The number of benzene rings is 1. The summed E-state index contributed by atoms with van der Waals surface area (Å²) in [5, 5.41) is 0.809. The predicted molar refractivity (Wildman–Crippen MR) is 111 cm³/mol. The first-order valence-electron chi connectivity index (χ1n) is 9.53. The molecule has 1 aromatic carbocycles. The molecule has 3 rings (SSSR count). The van der Waals surface area contributed by atoms with Gasteiger partial charge in [-0.1, -0.05) is 18.2 Å². The summed E-state index contributed by atoms with van der Waals surface area (Å²) in [5.41, 5.74) is 5.52. The van der Waals surface area contributed by atoms with Gasteiger partial charge in [0.1, 0.15) is 22.9 Å². The molecule has 1 fully saturated rings. The Morgan fingerprint density at radius 3 is 2.90 bits per heavy atom. The molecular weight excluding hydrogens is 390 g/mol. The van der Waals surface area contributed by atoms with Gasteiger partial charge in [-0.3, -0.25) is 20.4 Å². The summed E-state index contributed by atoms with van der Waals surface area (Å²) in [4.78, 5) is 34.9. The fourth-order valence-electron chi connectivity index (χ4n) is 3.10. The average molecular weight is 416 g/mol. The van der Waals surface area contributed by atoms with Crippen molar-refractivity contribution in [2.24, 2.45) is 5.92 Å². The maximum atomic E-state index is 12.5. The molecule has 1 atom stereocenters. The summed E-state index contributed by atoms with van der Waals surface area (Å²) in [5.74, 6) is 0.882. The van der Waals surface area contributed by atoms with E-state index < -0.39 is 0 Å². The summed E-state index contributed by atoms with van der Waals surface area (Å²) in [6.07, 6.45) is 5.20. The van der Waals surface area contributed by atoms with Gasteiger partial charge >= 0.3 is 0 Å². The van der Waals surface area contributed by atoms with E-state index in [1.165, 1.54) is 18.1 Å². The summed E-state index contributed by atoms with van der Waals surface area (Å²) < 4.78 is 5.60. The van der Waals surface area contributed by atoms with Crippen LogP contribution in [0.1, 0.15) is 19.3 Å². The molecule has 0 radical (unpaired) electrons. The van der Waals surface area contributed by atoms with Crippen molar-refractivity contribution in [3.63, 3.8) is 0 Å². The van der Waals surface area contributed by atoms with Crippen molar-refractivity contribution in [2.45, 2.75) is 24.3 Å². The number of rotatable bonds is 8. The molecule has 0 aliphatic carbocycles. The maximum Gasteiger partial charge on any atom is 0.243 e. The summed E-state index contributed by atoms with van der Waals surface area (Å²) in [6, 6.07) is 11.2. The van der Waals surface area contributed by atoms with E-state index in [4.69, 9.17) is 4.74 Å². The number of likely N-dealkylation sites (tertiary alicyclic amines) is 1. The molecule has 2 aromatic rings. The lowest BCUT2D eigenvalue weighted by Gasteiger charge is -2.32. The van der Waals surface area contributed by atoms with Crippen LogP contribution in [-0.4, -0.2) is 52.6 Å². The molecule has 154 valence electrons. The van der Waals surface area contributed by atoms with Gasteiger partial charge in [-0.25, -0.2) is 9.97 Å². The van der Waals surface area contributed by atoms with Gasteiger partial charge in [0.05, 0.1) is 18.9 Å². The number of aromatic nitrogens is 2. The highest BCUT2D eigenvalue weighted by atomic mass is 32.2. The smallest absolute Gasteiger partial charge is 0.243 e. The van der Waals surface area contributed by atoms with Crippen molar-refractivity contribution >= 4 is 29.4 Å². The molecule has 8 nitrogen and oxygen atoms in total.